The lowest BCUT2D eigenvalue weighted by Crippen LogP contribution is -2.14. The maximum Gasteiger partial charge on any atom is 0.145 e. The average molecular weight is 282 g/mol. The van der Waals surface area contributed by atoms with Gasteiger partial charge in [0.25, 0.3) is 0 Å². The highest BCUT2D eigenvalue weighted by molar-refractivity contribution is 7.99. The molecule has 2 aromatic carbocycles. The molecule has 0 radical (unpaired) electrons. The van der Waals surface area contributed by atoms with Crippen molar-refractivity contribution in [2.75, 3.05) is 5.75 Å². The van der Waals surface area contributed by atoms with E-state index in [1.54, 1.807) is 11.8 Å². The molecule has 2 aromatic rings. The average Bonchev–Trinajstić information content (AvgIpc) is 2.81. The Morgan fingerprint density at radius 1 is 1.15 bits per heavy atom. The summed E-state index contributed by atoms with van der Waals surface area (Å²) >= 11 is 1.80. The zero-order chi connectivity index (χ0) is 14.1. The van der Waals surface area contributed by atoms with E-state index in [1.807, 2.05) is 12.1 Å². The number of hydrogen-bond donors (Lipinski definition) is 0. The summed E-state index contributed by atoms with van der Waals surface area (Å²) in [4.78, 5) is 13.9. The van der Waals surface area contributed by atoms with Crippen molar-refractivity contribution in [2.45, 2.75) is 31.1 Å². The van der Waals surface area contributed by atoms with E-state index in [1.165, 1.54) is 21.6 Å². The Bertz CT molecular complexity index is 640. The van der Waals surface area contributed by atoms with E-state index >= 15 is 0 Å². The van der Waals surface area contributed by atoms with Crippen molar-refractivity contribution in [1.29, 1.82) is 0 Å². The maximum absolute atomic E-state index is 12.6. The molecule has 1 aliphatic heterocycles. The molecular weight excluding hydrogens is 264 g/mol. The van der Waals surface area contributed by atoms with Crippen molar-refractivity contribution in [1.82, 2.24) is 0 Å². The van der Waals surface area contributed by atoms with Gasteiger partial charge in [0, 0.05) is 17.1 Å². The van der Waals surface area contributed by atoms with Crippen molar-refractivity contribution in [3.8, 4) is 0 Å². The number of hydrogen-bond acceptors (Lipinski definition) is 2. The largest absolute Gasteiger partial charge is 0.299 e. The Labute approximate surface area is 124 Å². The van der Waals surface area contributed by atoms with Crippen LogP contribution in [0.5, 0.6) is 0 Å². The SMILES string of the molecule is Cc1cc(C)cc(CC(=O)C2CSc3ccccc32)c1. The number of Topliss-reactive ketones (excluding diaryl/α,β-unsaturated/α-hetero) is 1. The molecule has 0 N–H and O–H groups in total. The first kappa shape index (κ1) is 13.4. The molecule has 0 saturated carbocycles. The Kier molecular flexibility index (Phi) is 3.66. The first-order chi connectivity index (χ1) is 9.63. The van der Waals surface area contributed by atoms with Gasteiger partial charge in [-0.05, 0) is 31.0 Å². The van der Waals surface area contributed by atoms with E-state index in [4.69, 9.17) is 0 Å². The third-order valence-electron chi connectivity index (χ3n) is 3.75. The van der Waals surface area contributed by atoms with Gasteiger partial charge in [-0.25, -0.2) is 0 Å². The number of aryl methyl sites for hydroxylation is 2. The molecule has 0 bridgehead atoms. The summed E-state index contributed by atoms with van der Waals surface area (Å²) in [6, 6.07) is 14.7. The summed E-state index contributed by atoms with van der Waals surface area (Å²) in [5.74, 6) is 1.30. The van der Waals surface area contributed by atoms with E-state index in [0.29, 0.717) is 12.2 Å². The van der Waals surface area contributed by atoms with Crippen LogP contribution in [-0.4, -0.2) is 11.5 Å². The fourth-order valence-corrected chi connectivity index (χ4v) is 4.19. The van der Waals surface area contributed by atoms with Crippen LogP contribution in [0.1, 0.15) is 28.2 Å². The standard InChI is InChI=1S/C18H18OS/c1-12-7-13(2)9-14(8-12)10-17(19)16-11-20-18-6-4-3-5-15(16)18/h3-9,16H,10-11H2,1-2H3. The van der Waals surface area contributed by atoms with Gasteiger partial charge in [-0.2, -0.15) is 0 Å². The first-order valence-corrected chi connectivity index (χ1v) is 7.93. The molecule has 2 heteroatoms. The fourth-order valence-electron chi connectivity index (χ4n) is 2.92. The quantitative estimate of drug-likeness (QED) is 0.834. The molecular formula is C18H18OS. The molecule has 1 atom stereocenters. The zero-order valence-electron chi connectivity index (χ0n) is 11.8. The molecule has 0 amide bonds. The Morgan fingerprint density at radius 2 is 1.85 bits per heavy atom. The predicted molar refractivity (Wildman–Crippen MR) is 84.5 cm³/mol. The monoisotopic (exact) mass is 282 g/mol. The minimum Gasteiger partial charge on any atom is -0.299 e. The minimum atomic E-state index is 0.0667. The number of benzene rings is 2. The summed E-state index contributed by atoms with van der Waals surface area (Å²) in [6.07, 6.45) is 0.544. The van der Waals surface area contributed by atoms with E-state index in [-0.39, 0.29) is 5.92 Å². The van der Waals surface area contributed by atoms with E-state index in [0.717, 1.165) is 11.3 Å². The highest BCUT2D eigenvalue weighted by atomic mass is 32.2. The van der Waals surface area contributed by atoms with E-state index < -0.39 is 0 Å². The summed E-state index contributed by atoms with van der Waals surface area (Å²) in [5, 5.41) is 0. The van der Waals surface area contributed by atoms with Crippen molar-refractivity contribution in [3.63, 3.8) is 0 Å². The van der Waals surface area contributed by atoms with Crippen LogP contribution in [0.15, 0.2) is 47.4 Å². The van der Waals surface area contributed by atoms with Gasteiger partial charge in [0.2, 0.25) is 0 Å². The van der Waals surface area contributed by atoms with Gasteiger partial charge < -0.3 is 0 Å². The summed E-state index contributed by atoms with van der Waals surface area (Å²) in [7, 11) is 0. The normalized spacial score (nSPS) is 17.0. The molecule has 1 unspecified atom stereocenters. The zero-order valence-corrected chi connectivity index (χ0v) is 12.7. The van der Waals surface area contributed by atoms with Gasteiger partial charge in [0.05, 0.1) is 5.92 Å². The van der Waals surface area contributed by atoms with Gasteiger partial charge in [-0.15, -0.1) is 11.8 Å². The molecule has 0 aliphatic carbocycles. The highest BCUT2D eigenvalue weighted by Gasteiger charge is 2.28. The lowest BCUT2D eigenvalue weighted by atomic mass is 9.92. The van der Waals surface area contributed by atoms with Gasteiger partial charge in [-0.1, -0.05) is 47.5 Å². The van der Waals surface area contributed by atoms with Crippen LogP contribution in [0.25, 0.3) is 0 Å². The van der Waals surface area contributed by atoms with E-state index in [2.05, 4.69) is 44.2 Å². The van der Waals surface area contributed by atoms with Crippen LogP contribution < -0.4 is 0 Å². The second-order valence-corrected chi connectivity index (χ2v) is 6.60. The number of carbonyl (C=O) groups is 1. The van der Waals surface area contributed by atoms with Crippen LogP contribution in [0.4, 0.5) is 0 Å². The second kappa shape index (κ2) is 5.45. The van der Waals surface area contributed by atoms with Crippen LogP contribution in [0, 0.1) is 13.8 Å². The molecule has 0 spiro atoms. The minimum absolute atomic E-state index is 0.0667. The van der Waals surface area contributed by atoms with Gasteiger partial charge in [0.1, 0.15) is 5.78 Å². The number of thioether (sulfide) groups is 1. The number of carbonyl (C=O) groups excluding carboxylic acids is 1. The summed E-state index contributed by atoms with van der Waals surface area (Å²) < 4.78 is 0. The van der Waals surface area contributed by atoms with Crippen LogP contribution in [0.2, 0.25) is 0 Å². The molecule has 0 aromatic heterocycles. The highest BCUT2D eigenvalue weighted by Crippen LogP contribution is 2.40. The smallest absolute Gasteiger partial charge is 0.145 e. The predicted octanol–water partition coefficient (Wildman–Crippen LogP) is 4.30. The number of fused-ring (bicyclic) bond motifs is 1. The molecule has 3 rings (SSSR count). The van der Waals surface area contributed by atoms with Crippen molar-refractivity contribution >= 4 is 17.5 Å². The lowest BCUT2D eigenvalue weighted by molar-refractivity contribution is -0.119. The third-order valence-corrected chi connectivity index (χ3v) is 4.93. The second-order valence-electron chi connectivity index (χ2n) is 5.54. The maximum atomic E-state index is 12.6. The number of ketones is 1. The topological polar surface area (TPSA) is 17.1 Å². The fraction of sp³-hybridized carbons (Fsp3) is 0.278. The molecule has 102 valence electrons. The molecule has 0 saturated heterocycles. The summed E-state index contributed by atoms with van der Waals surface area (Å²) in [5.41, 5.74) is 4.82. The summed E-state index contributed by atoms with van der Waals surface area (Å²) in [6.45, 7) is 4.17. The van der Waals surface area contributed by atoms with E-state index in [9.17, 15) is 4.79 Å². The molecule has 0 fully saturated rings. The number of rotatable bonds is 3. The molecule has 20 heavy (non-hydrogen) atoms. The van der Waals surface area contributed by atoms with Crippen molar-refractivity contribution < 1.29 is 4.79 Å². The molecule has 1 heterocycles. The van der Waals surface area contributed by atoms with Crippen LogP contribution >= 0.6 is 11.8 Å². The molecule has 1 aliphatic rings. The first-order valence-electron chi connectivity index (χ1n) is 6.95. The van der Waals surface area contributed by atoms with Crippen LogP contribution in [0.3, 0.4) is 0 Å². The lowest BCUT2D eigenvalue weighted by Gasteiger charge is -2.10. The Morgan fingerprint density at radius 3 is 2.60 bits per heavy atom. The Balaban J connectivity index is 1.81. The van der Waals surface area contributed by atoms with Crippen molar-refractivity contribution in [3.05, 3.63) is 64.7 Å². The Hall–Kier alpha value is -1.54. The van der Waals surface area contributed by atoms with Gasteiger partial charge in [0.15, 0.2) is 0 Å². The van der Waals surface area contributed by atoms with Gasteiger partial charge in [-0.3, -0.25) is 4.79 Å². The van der Waals surface area contributed by atoms with Crippen LogP contribution in [-0.2, 0) is 11.2 Å². The molecule has 1 nitrogen and oxygen atoms in total. The van der Waals surface area contributed by atoms with Crippen molar-refractivity contribution in [2.24, 2.45) is 0 Å². The van der Waals surface area contributed by atoms with Gasteiger partial charge >= 0.3 is 0 Å². The third kappa shape index (κ3) is 2.66.